The van der Waals surface area contributed by atoms with Gasteiger partial charge in [-0.05, 0) is 24.6 Å². The van der Waals surface area contributed by atoms with E-state index in [1.165, 1.54) is 14.0 Å². The molecule has 0 aliphatic carbocycles. The van der Waals surface area contributed by atoms with Gasteiger partial charge in [-0.3, -0.25) is 9.59 Å². The molecule has 0 aliphatic rings. The monoisotopic (exact) mass is 430 g/mol. The highest BCUT2D eigenvalue weighted by Gasteiger charge is 2.39. The summed E-state index contributed by atoms with van der Waals surface area (Å²) in [4.78, 5) is 22.9. The topological polar surface area (TPSA) is 99.9 Å². The average molecular weight is 430 g/mol. The average Bonchev–Trinajstić information content (AvgIpc) is 2.67. The summed E-state index contributed by atoms with van der Waals surface area (Å²) in [6, 6.07) is 6.46. The highest BCUT2D eigenvalue weighted by molar-refractivity contribution is 5.66. The number of carboxylic acids is 1. The Balaban J connectivity index is 2.20. The fraction of sp³-hybridized carbons (Fsp3) is 0.421. The van der Waals surface area contributed by atoms with Gasteiger partial charge < -0.3 is 19.3 Å². The number of hydrogen-bond acceptors (Lipinski definition) is 6. The lowest BCUT2D eigenvalue weighted by Gasteiger charge is -2.19. The number of carbonyl (C=O) groups is 1. The zero-order chi connectivity index (χ0) is 22.3. The van der Waals surface area contributed by atoms with Crippen molar-refractivity contribution in [3.63, 3.8) is 0 Å². The van der Waals surface area contributed by atoms with Crippen molar-refractivity contribution >= 4 is 5.97 Å². The highest BCUT2D eigenvalue weighted by Crippen LogP contribution is 2.33. The van der Waals surface area contributed by atoms with E-state index in [0.717, 1.165) is 6.20 Å². The van der Waals surface area contributed by atoms with Crippen LogP contribution in [0.25, 0.3) is 0 Å². The van der Waals surface area contributed by atoms with Gasteiger partial charge >= 0.3 is 12.1 Å². The molecule has 1 N–H and O–H groups in total. The second-order valence-corrected chi connectivity index (χ2v) is 6.34. The summed E-state index contributed by atoms with van der Waals surface area (Å²) in [5.41, 5.74) is -2.24. The number of methoxy groups -OCH3 is 1. The summed E-state index contributed by atoms with van der Waals surface area (Å²) in [7, 11) is 1.48. The van der Waals surface area contributed by atoms with E-state index in [9.17, 15) is 22.8 Å². The molecule has 1 aromatic heterocycles. The molecule has 0 fully saturated rings. The Hall–Kier alpha value is -3.08. The molecule has 11 heteroatoms. The molecular formula is C19H21F3N2O6. The first-order valence-corrected chi connectivity index (χ1v) is 8.88. The predicted molar refractivity (Wildman–Crippen MR) is 98.8 cm³/mol. The lowest BCUT2D eigenvalue weighted by Crippen LogP contribution is -2.33. The van der Waals surface area contributed by atoms with E-state index in [4.69, 9.17) is 19.3 Å². The van der Waals surface area contributed by atoms with E-state index in [0.29, 0.717) is 16.0 Å². The predicted octanol–water partition coefficient (Wildman–Crippen LogP) is 2.58. The van der Waals surface area contributed by atoms with Gasteiger partial charge in [0.15, 0.2) is 11.3 Å². The Morgan fingerprint density at radius 3 is 2.50 bits per heavy atom. The number of aromatic nitrogens is 2. The van der Waals surface area contributed by atoms with Gasteiger partial charge in [-0.2, -0.15) is 18.3 Å². The van der Waals surface area contributed by atoms with Crippen molar-refractivity contribution in [1.82, 2.24) is 9.78 Å². The molecule has 1 aromatic carbocycles. The SMILES string of the molecule is COc1ccc(Cn2ncc(O[C@@H](C)COCCC(=O)O)c(C(F)(F)F)c2=O)cc1. The van der Waals surface area contributed by atoms with Crippen molar-refractivity contribution < 1.29 is 37.3 Å². The molecule has 164 valence electrons. The van der Waals surface area contributed by atoms with Crippen LogP contribution in [0.15, 0.2) is 35.3 Å². The van der Waals surface area contributed by atoms with E-state index >= 15 is 0 Å². The summed E-state index contributed by atoms with van der Waals surface area (Å²) < 4.78 is 56.6. The minimum Gasteiger partial charge on any atom is -0.497 e. The minimum absolute atomic E-state index is 0.114. The van der Waals surface area contributed by atoms with Gasteiger partial charge in [-0.1, -0.05) is 12.1 Å². The first kappa shape index (κ1) is 23.2. The minimum atomic E-state index is -4.96. The van der Waals surface area contributed by atoms with Crippen LogP contribution < -0.4 is 15.0 Å². The molecule has 0 unspecified atom stereocenters. The Kier molecular flexibility index (Phi) is 7.81. The number of hydrogen-bond donors (Lipinski definition) is 1. The van der Waals surface area contributed by atoms with Gasteiger partial charge in [-0.15, -0.1) is 0 Å². The van der Waals surface area contributed by atoms with E-state index in [-0.39, 0.29) is 26.2 Å². The van der Waals surface area contributed by atoms with Crippen LogP contribution in [0.2, 0.25) is 0 Å². The maximum absolute atomic E-state index is 13.5. The lowest BCUT2D eigenvalue weighted by atomic mass is 10.2. The number of alkyl halides is 3. The van der Waals surface area contributed by atoms with Crippen LogP contribution in [-0.4, -0.2) is 47.3 Å². The van der Waals surface area contributed by atoms with Crippen molar-refractivity contribution in [3.8, 4) is 11.5 Å². The fourth-order valence-corrected chi connectivity index (χ4v) is 2.50. The molecule has 8 nitrogen and oxygen atoms in total. The number of benzene rings is 1. The van der Waals surface area contributed by atoms with Crippen LogP contribution in [0.5, 0.6) is 11.5 Å². The van der Waals surface area contributed by atoms with E-state index in [1.807, 2.05) is 0 Å². The third kappa shape index (κ3) is 6.48. The smallest absolute Gasteiger partial charge is 0.425 e. The second-order valence-electron chi connectivity index (χ2n) is 6.34. The molecule has 1 atom stereocenters. The molecule has 0 amide bonds. The Morgan fingerprint density at radius 2 is 1.93 bits per heavy atom. The number of halogens is 3. The Bertz CT molecular complexity index is 912. The van der Waals surface area contributed by atoms with Gasteiger partial charge in [0, 0.05) is 0 Å². The fourth-order valence-electron chi connectivity index (χ4n) is 2.50. The number of nitrogens with zero attached hydrogens (tertiary/aromatic N) is 2. The molecule has 30 heavy (non-hydrogen) atoms. The third-order valence-electron chi connectivity index (χ3n) is 3.92. The molecule has 0 saturated carbocycles. The van der Waals surface area contributed by atoms with Crippen molar-refractivity contribution in [2.45, 2.75) is 32.2 Å². The highest BCUT2D eigenvalue weighted by atomic mass is 19.4. The molecule has 0 radical (unpaired) electrons. The summed E-state index contributed by atoms with van der Waals surface area (Å²) in [6.07, 6.45) is -5.23. The van der Waals surface area contributed by atoms with Crippen molar-refractivity contribution in [3.05, 3.63) is 51.9 Å². The molecule has 0 saturated heterocycles. The summed E-state index contributed by atoms with van der Waals surface area (Å²) >= 11 is 0. The first-order chi connectivity index (χ1) is 14.1. The van der Waals surface area contributed by atoms with Gasteiger partial charge in [0.25, 0.3) is 5.56 Å². The number of aliphatic carboxylic acids is 1. The Labute approximate surface area is 169 Å². The normalized spacial score (nSPS) is 12.4. The van der Waals surface area contributed by atoms with Crippen molar-refractivity contribution in [2.75, 3.05) is 20.3 Å². The summed E-state index contributed by atoms with van der Waals surface area (Å²) in [5, 5.41) is 12.3. The largest absolute Gasteiger partial charge is 0.497 e. The quantitative estimate of drug-likeness (QED) is 0.579. The number of ether oxygens (including phenoxy) is 3. The number of rotatable bonds is 10. The zero-order valence-electron chi connectivity index (χ0n) is 16.3. The molecule has 2 rings (SSSR count). The van der Waals surface area contributed by atoms with Crippen LogP contribution in [0.3, 0.4) is 0 Å². The summed E-state index contributed by atoms with van der Waals surface area (Å²) in [5.74, 6) is -1.21. The molecular weight excluding hydrogens is 409 g/mol. The molecule has 0 aliphatic heterocycles. The van der Waals surface area contributed by atoms with Crippen molar-refractivity contribution in [1.29, 1.82) is 0 Å². The van der Waals surface area contributed by atoms with E-state index < -0.39 is 35.1 Å². The van der Waals surface area contributed by atoms with E-state index in [1.54, 1.807) is 24.3 Å². The first-order valence-electron chi connectivity index (χ1n) is 8.88. The van der Waals surface area contributed by atoms with Gasteiger partial charge in [-0.25, -0.2) is 4.68 Å². The van der Waals surface area contributed by atoms with Crippen LogP contribution in [0.1, 0.15) is 24.5 Å². The molecule has 0 bridgehead atoms. The lowest BCUT2D eigenvalue weighted by molar-refractivity contribution is -0.141. The maximum Gasteiger partial charge on any atom is 0.425 e. The van der Waals surface area contributed by atoms with E-state index in [2.05, 4.69) is 5.10 Å². The van der Waals surface area contributed by atoms with Crippen LogP contribution in [-0.2, 0) is 22.3 Å². The van der Waals surface area contributed by atoms with Crippen LogP contribution in [0.4, 0.5) is 13.2 Å². The molecule has 2 aromatic rings. The van der Waals surface area contributed by atoms with Gasteiger partial charge in [0.2, 0.25) is 0 Å². The summed E-state index contributed by atoms with van der Waals surface area (Å²) in [6.45, 7) is 1.00. The standard InChI is InChI=1S/C19H21F3N2O6/c1-12(11-29-8-7-16(25)26)30-15-9-23-24(18(27)17(15)19(20,21)22)10-13-3-5-14(28-2)6-4-13/h3-6,9,12H,7-8,10-11H2,1-2H3,(H,25,26)/t12-/m0/s1. The van der Waals surface area contributed by atoms with Crippen molar-refractivity contribution in [2.24, 2.45) is 0 Å². The maximum atomic E-state index is 13.5. The van der Waals surface area contributed by atoms with Gasteiger partial charge in [0.1, 0.15) is 11.9 Å². The van der Waals surface area contributed by atoms with Gasteiger partial charge in [0.05, 0.1) is 39.5 Å². The zero-order valence-corrected chi connectivity index (χ0v) is 16.3. The van der Waals surface area contributed by atoms with Crippen LogP contribution in [0, 0.1) is 0 Å². The number of carboxylic acid groups (broad SMARTS) is 1. The Morgan fingerprint density at radius 1 is 1.27 bits per heavy atom. The third-order valence-corrected chi connectivity index (χ3v) is 3.92. The second kappa shape index (κ2) is 10.1. The van der Waals surface area contributed by atoms with Crippen LogP contribution >= 0.6 is 0 Å². The molecule has 0 spiro atoms. The molecule has 1 heterocycles.